The van der Waals surface area contributed by atoms with Gasteiger partial charge in [0, 0.05) is 19.1 Å². The second-order valence-corrected chi connectivity index (χ2v) is 5.00. The minimum Gasteiger partial charge on any atom is -0.338 e. The minimum absolute atomic E-state index is 0.212. The number of benzene rings is 1. The van der Waals surface area contributed by atoms with Crippen LogP contribution in [-0.4, -0.2) is 39.9 Å². The van der Waals surface area contributed by atoms with Crippen molar-refractivity contribution in [3.63, 3.8) is 0 Å². The SMILES string of the molecule is O=C(C(F)F)N1CCC(n2cnc3ccccc32)CC1. The van der Waals surface area contributed by atoms with Crippen LogP contribution in [0.15, 0.2) is 30.6 Å². The predicted molar refractivity (Wildman–Crippen MR) is 70.6 cm³/mol. The lowest BCUT2D eigenvalue weighted by Gasteiger charge is -2.32. The number of carbonyl (C=O) groups is 1. The number of piperidine rings is 1. The zero-order valence-electron chi connectivity index (χ0n) is 10.9. The molecule has 1 amide bonds. The highest BCUT2D eigenvalue weighted by Gasteiger charge is 2.28. The Bertz CT molecular complexity index is 618. The Balaban J connectivity index is 1.74. The van der Waals surface area contributed by atoms with Gasteiger partial charge in [-0.1, -0.05) is 12.1 Å². The van der Waals surface area contributed by atoms with Gasteiger partial charge in [-0.15, -0.1) is 0 Å². The van der Waals surface area contributed by atoms with E-state index < -0.39 is 12.3 Å². The molecule has 1 aromatic heterocycles. The monoisotopic (exact) mass is 279 g/mol. The molecule has 0 aliphatic carbocycles. The Labute approximate surface area is 115 Å². The summed E-state index contributed by atoms with van der Waals surface area (Å²) < 4.78 is 26.9. The van der Waals surface area contributed by atoms with Gasteiger partial charge in [0.2, 0.25) is 0 Å². The van der Waals surface area contributed by atoms with Crippen molar-refractivity contribution in [1.82, 2.24) is 14.5 Å². The van der Waals surface area contributed by atoms with Crippen molar-refractivity contribution in [1.29, 1.82) is 0 Å². The van der Waals surface area contributed by atoms with E-state index in [0.717, 1.165) is 11.0 Å². The smallest absolute Gasteiger partial charge is 0.315 e. The van der Waals surface area contributed by atoms with E-state index in [2.05, 4.69) is 9.55 Å². The fraction of sp³-hybridized carbons (Fsp3) is 0.429. The number of amides is 1. The first kappa shape index (κ1) is 13.0. The number of carbonyl (C=O) groups excluding carboxylic acids is 1. The molecule has 0 saturated carbocycles. The van der Waals surface area contributed by atoms with Gasteiger partial charge in [-0.2, -0.15) is 8.78 Å². The highest BCUT2D eigenvalue weighted by atomic mass is 19.3. The van der Waals surface area contributed by atoms with Crippen LogP contribution in [0.2, 0.25) is 0 Å². The van der Waals surface area contributed by atoms with E-state index >= 15 is 0 Å². The lowest BCUT2D eigenvalue weighted by molar-refractivity contribution is -0.144. The molecule has 0 N–H and O–H groups in total. The number of para-hydroxylation sites is 2. The first-order valence-electron chi connectivity index (χ1n) is 6.65. The van der Waals surface area contributed by atoms with Crippen LogP contribution in [0, 0.1) is 0 Å². The molecule has 0 atom stereocenters. The molecule has 1 saturated heterocycles. The van der Waals surface area contributed by atoms with E-state index in [-0.39, 0.29) is 6.04 Å². The summed E-state index contributed by atoms with van der Waals surface area (Å²) >= 11 is 0. The Kier molecular flexibility index (Phi) is 3.38. The molecule has 1 aliphatic rings. The fourth-order valence-corrected chi connectivity index (χ4v) is 2.77. The number of nitrogens with zero attached hydrogens (tertiary/aromatic N) is 3. The second kappa shape index (κ2) is 5.19. The lowest BCUT2D eigenvalue weighted by Crippen LogP contribution is -2.41. The zero-order valence-corrected chi connectivity index (χ0v) is 10.9. The lowest BCUT2D eigenvalue weighted by atomic mass is 10.0. The molecule has 106 valence electrons. The summed E-state index contributed by atoms with van der Waals surface area (Å²) in [6.45, 7) is 0.751. The maximum atomic E-state index is 12.4. The number of hydrogen-bond donors (Lipinski definition) is 0. The van der Waals surface area contributed by atoms with Gasteiger partial charge in [0.1, 0.15) is 0 Å². The number of likely N-dealkylation sites (tertiary alicyclic amines) is 1. The number of alkyl halides is 2. The number of fused-ring (bicyclic) bond motifs is 1. The van der Waals surface area contributed by atoms with Crippen molar-refractivity contribution < 1.29 is 13.6 Å². The number of halogens is 2. The molecule has 6 heteroatoms. The largest absolute Gasteiger partial charge is 0.338 e. The van der Waals surface area contributed by atoms with Crippen molar-refractivity contribution in [2.75, 3.05) is 13.1 Å². The molecule has 2 aromatic rings. The molecule has 20 heavy (non-hydrogen) atoms. The van der Waals surface area contributed by atoms with Crippen molar-refractivity contribution in [2.45, 2.75) is 25.3 Å². The fourth-order valence-electron chi connectivity index (χ4n) is 2.77. The standard InChI is InChI=1S/C14H15F2N3O/c15-13(16)14(20)18-7-5-10(6-8-18)19-9-17-11-3-1-2-4-12(11)19/h1-4,9-10,13H,5-8H2. The van der Waals surface area contributed by atoms with E-state index in [1.165, 1.54) is 4.90 Å². The summed E-state index contributed by atoms with van der Waals surface area (Å²) in [5.41, 5.74) is 1.98. The minimum atomic E-state index is -2.90. The Morgan fingerprint density at radius 2 is 1.95 bits per heavy atom. The van der Waals surface area contributed by atoms with E-state index in [9.17, 15) is 13.6 Å². The van der Waals surface area contributed by atoms with E-state index in [0.29, 0.717) is 25.9 Å². The third kappa shape index (κ3) is 2.26. The number of imidazole rings is 1. The molecule has 2 heterocycles. The van der Waals surface area contributed by atoms with Crippen LogP contribution in [0.1, 0.15) is 18.9 Å². The van der Waals surface area contributed by atoms with Crippen LogP contribution in [0.5, 0.6) is 0 Å². The van der Waals surface area contributed by atoms with Crippen LogP contribution in [0.3, 0.4) is 0 Å². The second-order valence-electron chi connectivity index (χ2n) is 5.00. The van der Waals surface area contributed by atoms with Gasteiger partial charge in [-0.3, -0.25) is 4.79 Å². The van der Waals surface area contributed by atoms with Crippen molar-refractivity contribution in [3.8, 4) is 0 Å². The van der Waals surface area contributed by atoms with E-state index in [4.69, 9.17) is 0 Å². The van der Waals surface area contributed by atoms with Crippen LogP contribution >= 0.6 is 0 Å². The molecule has 3 rings (SSSR count). The number of hydrogen-bond acceptors (Lipinski definition) is 2. The first-order valence-corrected chi connectivity index (χ1v) is 6.65. The molecule has 1 fully saturated rings. The molecule has 0 radical (unpaired) electrons. The zero-order chi connectivity index (χ0) is 14.1. The molecule has 4 nitrogen and oxygen atoms in total. The topological polar surface area (TPSA) is 38.1 Å². The van der Waals surface area contributed by atoms with Crippen LogP contribution in [0.4, 0.5) is 8.78 Å². The first-order chi connectivity index (χ1) is 9.66. The van der Waals surface area contributed by atoms with Gasteiger partial charge in [-0.05, 0) is 25.0 Å². The Morgan fingerprint density at radius 3 is 2.65 bits per heavy atom. The molecule has 1 aliphatic heterocycles. The van der Waals surface area contributed by atoms with E-state index in [1.54, 1.807) is 6.33 Å². The summed E-state index contributed by atoms with van der Waals surface area (Å²) in [5, 5.41) is 0. The summed E-state index contributed by atoms with van der Waals surface area (Å²) in [4.78, 5) is 16.8. The summed E-state index contributed by atoms with van der Waals surface area (Å²) in [7, 11) is 0. The maximum absolute atomic E-state index is 12.4. The van der Waals surface area contributed by atoms with Gasteiger partial charge in [-0.25, -0.2) is 4.98 Å². The van der Waals surface area contributed by atoms with Crippen molar-refractivity contribution in [2.24, 2.45) is 0 Å². The highest BCUT2D eigenvalue weighted by Crippen LogP contribution is 2.26. The average molecular weight is 279 g/mol. The molecular weight excluding hydrogens is 264 g/mol. The summed E-state index contributed by atoms with van der Waals surface area (Å²) in [6, 6.07) is 8.05. The summed E-state index contributed by atoms with van der Waals surface area (Å²) in [6.07, 6.45) is 0.248. The normalized spacial score (nSPS) is 17.1. The van der Waals surface area contributed by atoms with Crippen LogP contribution in [-0.2, 0) is 4.79 Å². The molecular formula is C14H15F2N3O. The van der Waals surface area contributed by atoms with E-state index in [1.807, 2.05) is 24.3 Å². The molecule has 0 bridgehead atoms. The van der Waals surface area contributed by atoms with Gasteiger partial charge in [0.15, 0.2) is 0 Å². The maximum Gasteiger partial charge on any atom is 0.315 e. The predicted octanol–water partition coefficient (Wildman–Crippen LogP) is 2.46. The highest BCUT2D eigenvalue weighted by molar-refractivity contribution is 5.79. The van der Waals surface area contributed by atoms with Gasteiger partial charge < -0.3 is 9.47 Å². The quantitative estimate of drug-likeness (QED) is 0.847. The van der Waals surface area contributed by atoms with Crippen molar-refractivity contribution in [3.05, 3.63) is 30.6 Å². The van der Waals surface area contributed by atoms with Gasteiger partial charge >= 0.3 is 6.43 Å². The van der Waals surface area contributed by atoms with Crippen molar-refractivity contribution >= 4 is 16.9 Å². The van der Waals surface area contributed by atoms with Gasteiger partial charge in [0.25, 0.3) is 5.91 Å². The van der Waals surface area contributed by atoms with Crippen LogP contribution < -0.4 is 0 Å². The average Bonchev–Trinajstić information content (AvgIpc) is 2.90. The van der Waals surface area contributed by atoms with Crippen LogP contribution in [0.25, 0.3) is 11.0 Å². The molecule has 0 unspecified atom stereocenters. The third-order valence-corrected chi connectivity index (χ3v) is 3.84. The Hall–Kier alpha value is -1.98. The number of aromatic nitrogens is 2. The molecule has 1 aromatic carbocycles. The molecule has 0 spiro atoms. The third-order valence-electron chi connectivity index (χ3n) is 3.84. The Morgan fingerprint density at radius 1 is 1.25 bits per heavy atom. The van der Waals surface area contributed by atoms with Gasteiger partial charge in [0.05, 0.1) is 17.4 Å². The summed E-state index contributed by atoms with van der Waals surface area (Å²) in [5.74, 6) is -1.06. The number of rotatable bonds is 2.